The van der Waals surface area contributed by atoms with Gasteiger partial charge in [0.2, 0.25) is 5.75 Å². The van der Waals surface area contributed by atoms with Crippen LogP contribution in [0, 0.1) is 10.1 Å². The van der Waals surface area contributed by atoms with Crippen LogP contribution in [0.1, 0.15) is 10.4 Å². The summed E-state index contributed by atoms with van der Waals surface area (Å²) in [5.41, 5.74) is 1.07. The number of nitro groups is 1. The molecule has 0 amide bonds. The molecule has 0 radical (unpaired) electrons. The molecular weight excluding hydrogens is 246 g/mol. The number of rotatable bonds is 4. The van der Waals surface area contributed by atoms with Gasteiger partial charge in [-0.05, 0) is 17.7 Å². The van der Waals surface area contributed by atoms with Crippen LogP contribution in [0.3, 0.4) is 0 Å². The second-order valence-electron chi connectivity index (χ2n) is 3.83. The maximum absolute atomic E-state index is 11.1. The third-order valence-electron chi connectivity index (χ3n) is 2.76. The Morgan fingerprint density at radius 2 is 1.84 bits per heavy atom. The first kappa shape index (κ1) is 12.8. The smallest absolute Gasteiger partial charge is 0.322 e. The maximum Gasteiger partial charge on any atom is 0.322 e. The van der Waals surface area contributed by atoms with Gasteiger partial charge in [-0.3, -0.25) is 14.9 Å². The second-order valence-corrected chi connectivity index (χ2v) is 3.83. The Bertz CT molecular complexity index is 623. The van der Waals surface area contributed by atoms with Crippen molar-refractivity contribution in [2.45, 2.75) is 0 Å². The van der Waals surface area contributed by atoms with Crippen LogP contribution >= 0.6 is 0 Å². The quantitative estimate of drug-likeness (QED) is 0.479. The summed E-state index contributed by atoms with van der Waals surface area (Å²) < 4.78 is 5.13. The Hall–Kier alpha value is -2.69. The molecule has 0 saturated heterocycles. The van der Waals surface area contributed by atoms with E-state index in [9.17, 15) is 14.9 Å². The molecule has 0 heterocycles. The molecule has 0 atom stereocenters. The number of aldehydes is 1. The van der Waals surface area contributed by atoms with Gasteiger partial charge in [0, 0.05) is 5.56 Å². The van der Waals surface area contributed by atoms with Crippen molar-refractivity contribution in [3.63, 3.8) is 0 Å². The molecule has 0 bridgehead atoms. The summed E-state index contributed by atoms with van der Waals surface area (Å²) in [6.07, 6.45) is 0.454. The van der Waals surface area contributed by atoms with Crippen LogP contribution in [0.25, 0.3) is 11.1 Å². The van der Waals surface area contributed by atoms with E-state index in [1.54, 1.807) is 6.07 Å². The molecule has 0 saturated carbocycles. The third kappa shape index (κ3) is 2.30. The number of benzene rings is 2. The van der Waals surface area contributed by atoms with Gasteiger partial charge in [-0.1, -0.05) is 30.3 Å². The van der Waals surface area contributed by atoms with Crippen molar-refractivity contribution in [1.29, 1.82) is 0 Å². The summed E-state index contributed by atoms with van der Waals surface area (Å²) in [7, 11) is 1.35. The SMILES string of the molecule is COc1c(-c2ccccc2)ccc(C=O)c1[N+](=O)[O-]. The van der Waals surface area contributed by atoms with E-state index in [-0.39, 0.29) is 17.0 Å². The molecule has 0 unspecified atom stereocenters. The van der Waals surface area contributed by atoms with E-state index in [2.05, 4.69) is 0 Å². The minimum absolute atomic E-state index is 0.00142. The Morgan fingerprint density at radius 3 is 2.37 bits per heavy atom. The molecule has 2 aromatic carbocycles. The van der Waals surface area contributed by atoms with Gasteiger partial charge in [0.1, 0.15) is 0 Å². The molecule has 2 rings (SSSR count). The van der Waals surface area contributed by atoms with Gasteiger partial charge >= 0.3 is 5.69 Å². The normalized spacial score (nSPS) is 9.95. The minimum Gasteiger partial charge on any atom is -0.490 e. The Balaban J connectivity index is 2.74. The van der Waals surface area contributed by atoms with Crippen LogP contribution in [0.4, 0.5) is 5.69 Å². The van der Waals surface area contributed by atoms with Crippen molar-refractivity contribution in [3.05, 3.63) is 58.1 Å². The van der Waals surface area contributed by atoms with Gasteiger partial charge in [0.15, 0.2) is 6.29 Å². The first-order valence-corrected chi connectivity index (χ1v) is 5.55. The summed E-state index contributed by atoms with van der Waals surface area (Å²) in [5, 5.41) is 11.1. The second kappa shape index (κ2) is 5.30. The zero-order valence-corrected chi connectivity index (χ0v) is 10.2. The highest BCUT2D eigenvalue weighted by Crippen LogP contribution is 2.39. The van der Waals surface area contributed by atoms with Gasteiger partial charge in [-0.2, -0.15) is 0 Å². The molecule has 2 aromatic rings. The number of hydrogen-bond donors (Lipinski definition) is 0. The van der Waals surface area contributed by atoms with Gasteiger partial charge in [-0.15, -0.1) is 0 Å². The van der Waals surface area contributed by atoms with Crippen molar-refractivity contribution >= 4 is 12.0 Å². The Labute approximate surface area is 109 Å². The molecule has 96 valence electrons. The molecule has 0 aliphatic carbocycles. The standard InChI is InChI=1S/C14H11NO4/c1-19-14-12(10-5-3-2-4-6-10)8-7-11(9-16)13(14)15(17)18/h2-9H,1H3. The van der Waals surface area contributed by atoms with Crippen LogP contribution < -0.4 is 4.74 Å². The van der Waals surface area contributed by atoms with E-state index >= 15 is 0 Å². The summed E-state index contributed by atoms with van der Waals surface area (Å²) in [6.45, 7) is 0. The van der Waals surface area contributed by atoms with Crippen molar-refractivity contribution in [2.75, 3.05) is 7.11 Å². The lowest BCUT2D eigenvalue weighted by molar-refractivity contribution is -0.385. The average molecular weight is 257 g/mol. The van der Waals surface area contributed by atoms with Gasteiger partial charge < -0.3 is 4.74 Å². The summed E-state index contributed by atoms with van der Waals surface area (Å²) >= 11 is 0. The van der Waals surface area contributed by atoms with Gasteiger partial charge in [0.25, 0.3) is 0 Å². The van der Waals surface area contributed by atoms with E-state index in [4.69, 9.17) is 4.74 Å². The number of nitrogens with zero attached hydrogens (tertiary/aromatic N) is 1. The Kier molecular flexibility index (Phi) is 3.56. The predicted molar refractivity (Wildman–Crippen MR) is 70.5 cm³/mol. The highest BCUT2D eigenvalue weighted by molar-refractivity contribution is 5.88. The zero-order chi connectivity index (χ0) is 13.8. The number of nitro benzene ring substituents is 1. The number of ether oxygens (including phenoxy) is 1. The van der Waals surface area contributed by atoms with Crippen LogP contribution in [0.2, 0.25) is 0 Å². The largest absolute Gasteiger partial charge is 0.490 e. The fourth-order valence-corrected chi connectivity index (χ4v) is 1.92. The van der Waals surface area contributed by atoms with E-state index in [0.717, 1.165) is 5.56 Å². The van der Waals surface area contributed by atoms with Crippen LogP contribution in [0.15, 0.2) is 42.5 Å². The molecule has 0 aliphatic heterocycles. The summed E-state index contributed by atoms with van der Waals surface area (Å²) in [5.74, 6) is 0.0980. The molecule has 0 spiro atoms. The molecule has 0 N–H and O–H groups in total. The Morgan fingerprint density at radius 1 is 1.16 bits per heavy atom. The highest BCUT2D eigenvalue weighted by atomic mass is 16.6. The summed E-state index contributed by atoms with van der Waals surface area (Å²) in [4.78, 5) is 21.4. The van der Waals surface area contributed by atoms with E-state index in [0.29, 0.717) is 11.8 Å². The molecular formula is C14H11NO4. The average Bonchev–Trinajstić information content (AvgIpc) is 2.46. The third-order valence-corrected chi connectivity index (χ3v) is 2.76. The molecule has 5 nitrogen and oxygen atoms in total. The number of carbonyl (C=O) groups is 1. The van der Waals surface area contributed by atoms with Crippen molar-refractivity contribution < 1.29 is 14.5 Å². The summed E-state index contributed by atoms with van der Waals surface area (Å²) in [6, 6.07) is 12.2. The topological polar surface area (TPSA) is 69.4 Å². The highest BCUT2D eigenvalue weighted by Gasteiger charge is 2.24. The predicted octanol–water partition coefficient (Wildman–Crippen LogP) is 3.08. The van der Waals surface area contributed by atoms with Gasteiger partial charge in [-0.25, -0.2) is 0 Å². The van der Waals surface area contributed by atoms with Crippen LogP contribution in [0.5, 0.6) is 5.75 Å². The van der Waals surface area contributed by atoms with Crippen LogP contribution in [-0.2, 0) is 0 Å². The zero-order valence-electron chi connectivity index (χ0n) is 10.2. The lowest BCUT2D eigenvalue weighted by Crippen LogP contribution is -2.00. The lowest BCUT2D eigenvalue weighted by atomic mass is 10.0. The van der Waals surface area contributed by atoms with Crippen LogP contribution in [-0.4, -0.2) is 18.3 Å². The lowest BCUT2D eigenvalue weighted by Gasteiger charge is -2.10. The number of hydrogen-bond acceptors (Lipinski definition) is 4. The number of carbonyl (C=O) groups excluding carboxylic acids is 1. The van der Waals surface area contributed by atoms with E-state index in [1.165, 1.54) is 13.2 Å². The molecule has 19 heavy (non-hydrogen) atoms. The molecule has 0 fully saturated rings. The number of methoxy groups -OCH3 is 1. The maximum atomic E-state index is 11.1. The fraction of sp³-hybridized carbons (Fsp3) is 0.0714. The van der Waals surface area contributed by atoms with Crippen molar-refractivity contribution in [3.8, 4) is 16.9 Å². The monoisotopic (exact) mass is 257 g/mol. The van der Waals surface area contributed by atoms with Gasteiger partial charge in [0.05, 0.1) is 17.6 Å². The first-order valence-electron chi connectivity index (χ1n) is 5.55. The van der Waals surface area contributed by atoms with E-state index in [1.807, 2.05) is 30.3 Å². The molecule has 5 heteroatoms. The first-order chi connectivity index (χ1) is 9.19. The van der Waals surface area contributed by atoms with Crippen molar-refractivity contribution in [1.82, 2.24) is 0 Å². The minimum atomic E-state index is -0.602. The molecule has 0 aliphatic rings. The molecule has 0 aromatic heterocycles. The van der Waals surface area contributed by atoms with E-state index < -0.39 is 4.92 Å². The fourth-order valence-electron chi connectivity index (χ4n) is 1.92. The van der Waals surface area contributed by atoms with Crippen molar-refractivity contribution in [2.24, 2.45) is 0 Å².